The molecule has 0 radical (unpaired) electrons. The number of methoxy groups -OCH3 is 3. The van der Waals surface area contributed by atoms with Crippen molar-refractivity contribution < 1.29 is 23.8 Å². The average molecular weight is 527 g/mol. The van der Waals surface area contributed by atoms with Crippen molar-refractivity contribution >= 4 is 17.8 Å². The fourth-order valence-electron chi connectivity index (χ4n) is 3.88. The molecular formula is C30H30N4O5. The maximum absolute atomic E-state index is 12.7. The Morgan fingerprint density at radius 1 is 0.744 bits per heavy atom. The van der Waals surface area contributed by atoms with E-state index in [1.807, 2.05) is 48.5 Å². The minimum absolute atomic E-state index is 0.214. The number of rotatable bonds is 11. The van der Waals surface area contributed by atoms with E-state index in [-0.39, 0.29) is 12.5 Å². The molecule has 0 aliphatic rings. The third-order valence-corrected chi connectivity index (χ3v) is 6.05. The second kappa shape index (κ2) is 13.0. The number of nitrogens with one attached hydrogen (secondary N) is 1. The van der Waals surface area contributed by atoms with Crippen molar-refractivity contribution in [2.24, 2.45) is 0 Å². The lowest BCUT2D eigenvalue weighted by Gasteiger charge is -2.23. The van der Waals surface area contributed by atoms with Crippen LogP contribution in [0.1, 0.15) is 37.5 Å². The minimum atomic E-state index is -0.454. The van der Waals surface area contributed by atoms with E-state index in [0.717, 1.165) is 22.6 Å². The number of hydrogen-bond donors (Lipinski definition) is 1. The first-order valence-electron chi connectivity index (χ1n) is 12.3. The van der Waals surface area contributed by atoms with Crippen LogP contribution >= 0.6 is 0 Å². The lowest BCUT2D eigenvalue weighted by molar-refractivity contribution is 0.0600. The highest BCUT2D eigenvalue weighted by molar-refractivity contribution is 5.96. The van der Waals surface area contributed by atoms with Gasteiger partial charge in [-0.25, -0.2) is 14.8 Å². The van der Waals surface area contributed by atoms with Crippen molar-refractivity contribution in [3.63, 3.8) is 0 Å². The van der Waals surface area contributed by atoms with Gasteiger partial charge in [-0.1, -0.05) is 24.3 Å². The summed E-state index contributed by atoms with van der Waals surface area (Å²) in [6, 6.07) is 23.8. The van der Waals surface area contributed by atoms with E-state index in [1.165, 1.54) is 7.11 Å². The number of anilines is 1. The van der Waals surface area contributed by atoms with Crippen LogP contribution in [0.3, 0.4) is 0 Å². The molecule has 0 aliphatic carbocycles. The Hall–Kier alpha value is -4.92. The quantitative estimate of drug-likeness (QED) is 0.287. The maximum atomic E-state index is 12.7. The summed E-state index contributed by atoms with van der Waals surface area (Å²) in [6.45, 7) is 1.35. The fraction of sp³-hybridized carbons (Fsp3) is 0.200. The first-order valence-corrected chi connectivity index (χ1v) is 12.3. The SMILES string of the molecule is COC(=O)c1ccc(C(=O)NCc2ccnc(N(Cc3ccc(OC)cc3)Cc3ccc(OC)cc3)n2)cc1. The molecule has 1 amide bonds. The number of aromatic nitrogens is 2. The van der Waals surface area contributed by atoms with E-state index < -0.39 is 5.97 Å². The van der Waals surface area contributed by atoms with Crippen LogP contribution in [0.25, 0.3) is 0 Å². The van der Waals surface area contributed by atoms with Crippen LogP contribution in [0.5, 0.6) is 11.5 Å². The summed E-state index contributed by atoms with van der Waals surface area (Å²) in [7, 11) is 4.59. The van der Waals surface area contributed by atoms with Gasteiger partial charge in [0.15, 0.2) is 0 Å². The summed E-state index contributed by atoms with van der Waals surface area (Å²) < 4.78 is 15.3. The number of carbonyl (C=O) groups is 2. The molecule has 0 atom stereocenters. The van der Waals surface area contributed by atoms with Crippen LogP contribution in [-0.4, -0.2) is 43.2 Å². The molecule has 0 spiro atoms. The van der Waals surface area contributed by atoms with Gasteiger partial charge < -0.3 is 24.4 Å². The smallest absolute Gasteiger partial charge is 0.337 e. The van der Waals surface area contributed by atoms with Crippen LogP contribution in [0, 0.1) is 0 Å². The van der Waals surface area contributed by atoms with E-state index >= 15 is 0 Å². The molecule has 4 aromatic rings. The monoisotopic (exact) mass is 526 g/mol. The zero-order valence-corrected chi connectivity index (χ0v) is 22.1. The Kier molecular flexibility index (Phi) is 9.07. The lowest BCUT2D eigenvalue weighted by Crippen LogP contribution is -2.26. The summed E-state index contributed by atoms with van der Waals surface area (Å²) in [5.74, 6) is 1.38. The predicted molar refractivity (Wildman–Crippen MR) is 147 cm³/mol. The average Bonchev–Trinajstić information content (AvgIpc) is 3.00. The van der Waals surface area contributed by atoms with Gasteiger partial charge in [0.25, 0.3) is 5.91 Å². The normalized spacial score (nSPS) is 10.4. The van der Waals surface area contributed by atoms with Crippen molar-refractivity contribution in [2.45, 2.75) is 19.6 Å². The Labute approximate surface area is 227 Å². The summed E-state index contributed by atoms with van der Waals surface area (Å²) in [5.41, 5.74) is 3.61. The van der Waals surface area contributed by atoms with Crippen LogP contribution in [0.4, 0.5) is 5.95 Å². The number of hydrogen-bond acceptors (Lipinski definition) is 8. The van der Waals surface area contributed by atoms with E-state index in [1.54, 1.807) is 50.7 Å². The lowest BCUT2D eigenvalue weighted by atomic mass is 10.1. The van der Waals surface area contributed by atoms with Crippen LogP contribution < -0.4 is 19.7 Å². The number of carbonyl (C=O) groups excluding carboxylic acids is 2. The van der Waals surface area contributed by atoms with Crippen molar-refractivity contribution in [2.75, 3.05) is 26.2 Å². The predicted octanol–water partition coefficient (Wildman–Crippen LogP) is 4.42. The molecule has 4 rings (SSSR count). The Balaban J connectivity index is 1.49. The molecule has 39 heavy (non-hydrogen) atoms. The van der Waals surface area contributed by atoms with E-state index in [4.69, 9.17) is 19.2 Å². The van der Waals surface area contributed by atoms with Gasteiger partial charge >= 0.3 is 5.97 Å². The summed E-state index contributed by atoms with van der Waals surface area (Å²) in [6.07, 6.45) is 1.68. The van der Waals surface area contributed by atoms with Gasteiger partial charge in [0.05, 0.1) is 39.1 Å². The Morgan fingerprint density at radius 2 is 1.28 bits per heavy atom. The molecule has 0 bridgehead atoms. The third kappa shape index (κ3) is 7.32. The summed E-state index contributed by atoms with van der Waals surface area (Å²) in [4.78, 5) is 35.6. The number of esters is 1. The number of benzene rings is 3. The van der Waals surface area contributed by atoms with E-state index in [0.29, 0.717) is 35.9 Å². The minimum Gasteiger partial charge on any atom is -0.497 e. The van der Waals surface area contributed by atoms with Crippen LogP contribution in [0.15, 0.2) is 85.1 Å². The largest absolute Gasteiger partial charge is 0.497 e. The molecule has 0 unspecified atom stereocenters. The molecule has 1 N–H and O–H groups in total. The Morgan fingerprint density at radius 3 is 1.79 bits per heavy atom. The molecule has 200 valence electrons. The molecule has 3 aromatic carbocycles. The third-order valence-electron chi connectivity index (χ3n) is 6.05. The number of nitrogens with zero attached hydrogens (tertiary/aromatic N) is 3. The molecular weight excluding hydrogens is 496 g/mol. The number of amides is 1. The highest BCUT2D eigenvalue weighted by atomic mass is 16.5. The first kappa shape index (κ1) is 27.1. The number of ether oxygens (including phenoxy) is 3. The molecule has 0 aliphatic heterocycles. The van der Waals surface area contributed by atoms with Gasteiger partial charge in [-0.05, 0) is 65.7 Å². The van der Waals surface area contributed by atoms with Gasteiger partial charge in [0.1, 0.15) is 11.5 Å². The topological polar surface area (TPSA) is 103 Å². The molecule has 1 heterocycles. The summed E-state index contributed by atoms with van der Waals surface area (Å²) >= 11 is 0. The van der Waals surface area contributed by atoms with Gasteiger partial charge in [-0.3, -0.25) is 4.79 Å². The van der Waals surface area contributed by atoms with Crippen molar-refractivity contribution in [1.82, 2.24) is 15.3 Å². The molecule has 0 saturated carbocycles. The highest BCUT2D eigenvalue weighted by Crippen LogP contribution is 2.20. The molecule has 1 aromatic heterocycles. The van der Waals surface area contributed by atoms with Crippen LogP contribution in [-0.2, 0) is 24.4 Å². The highest BCUT2D eigenvalue weighted by Gasteiger charge is 2.14. The first-order chi connectivity index (χ1) is 19.0. The molecule has 9 nitrogen and oxygen atoms in total. The Bertz CT molecular complexity index is 1340. The van der Waals surface area contributed by atoms with Gasteiger partial charge in [0, 0.05) is 24.8 Å². The van der Waals surface area contributed by atoms with E-state index in [2.05, 4.69) is 15.2 Å². The van der Waals surface area contributed by atoms with Crippen molar-refractivity contribution in [3.8, 4) is 11.5 Å². The molecule has 0 saturated heterocycles. The van der Waals surface area contributed by atoms with E-state index in [9.17, 15) is 9.59 Å². The maximum Gasteiger partial charge on any atom is 0.337 e. The van der Waals surface area contributed by atoms with Crippen molar-refractivity contribution in [1.29, 1.82) is 0 Å². The summed E-state index contributed by atoms with van der Waals surface area (Å²) in [5, 5.41) is 2.88. The molecule has 0 fully saturated rings. The van der Waals surface area contributed by atoms with Gasteiger partial charge in [-0.2, -0.15) is 0 Å². The zero-order chi connectivity index (χ0) is 27.6. The van der Waals surface area contributed by atoms with Crippen LogP contribution in [0.2, 0.25) is 0 Å². The second-order valence-corrected chi connectivity index (χ2v) is 8.65. The van der Waals surface area contributed by atoms with Gasteiger partial charge in [0.2, 0.25) is 5.95 Å². The second-order valence-electron chi connectivity index (χ2n) is 8.65. The molecule has 9 heteroatoms. The fourth-order valence-corrected chi connectivity index (χ4v) is 3.88. The zero-order valence-electron chi connectivity index (χ0n) is 22.1. The standard InChI is InChI=1S/C30H30N4O5/c1-37-26-12-4-21(5-13-26)19-34(20-22-6-14-27(38-2)15-7-22)30-31-17-16-25(33-30)18-32-28(35)23-8-10-24(11-9-23)29(36)39-3/h4-17H,18-20H2,1-3H3,(H,32,35). The van der Waals surface area contributed by atoms with Gasteiger partial charge in [-0.15, -0.1) is 0 Å². The van der Waals surface area contributed by atoms with Crippen molar-refractivity contribution in [3.05, 3.63) is 113 Å².